The largest absolute Gasteiger partial charge is 0.354 e. The van der Waals surface area contributed by atoms with E-state index in [1.165, 1.54) is 18.4 Å². The highest BCUT2D eigenvalue weighted by molar-refractivity contribution is 5.37. The van der Waals surface area contributed by atoms with Gasteiger partial charge in [-0.25, -0.2) is 0 Å². The number of benzene rings is 1. The molecule has 2 aromatic rings. The molecule has 0 spiro atoms. The second-order valence-corrected chi connectivity index (χ2v) is 7.00. The minimum absolute atomic E-state index is 0.135. The average Bonchev–Trinajstić information content (AvgIpc) is 2.62. The molecule has 23 heavy (non-hydrogen) atoms. The Balaban J connectivity index is 1.58. The molecule has 1 aliphatic rings. The quantitative estimate of drug-likeness (QED) is 0.922. The maximum atomic E-state index is 4.24. The van der Waals surface area contributed by atoms with E-state index in [1.807, 2.05) is 12.1 Å². The predicted octanol–water partition coefficient (Wildman–Crippen LogP) is 3.01. The van der Waals surface area contributed by atoms with Crippen molar-refractivity contribution in [2.75, 3.05) is 24.5 Å². The Morgan fingerprint density at radius 3 is 2.74 bits per heavy atom. The fourth-order valence-electron chi connectivity index (χ4n) is 3.20. The molecule has 1 aromatic carbocycles. The van der Waals surface area contributed by atoms with E-state index < -0.39 is 0 Å². The van der Waals surface area contributed by atoms with Crippen LogP contribution in [-0.4, -0.2) is 35.9 Å². The molecule has 4 heteroatoms. The van der Waals surface area contributed by atoms with Gasteiger partial charge in [0, 0.05) is 37.3 Å². The molecular weight excluding hydrogens is 284 g/mol. The van der Waals surface area contributed by atoms with E-state index in [-0.39, 0.29) is 5.41 Å². The van der Waals surface area contributed by atoms with Gasteiger partial charge < -0.3 is 10.2 Å². The third-order valence-electron chi connectivity index (χ3n) is 4.69. The van der Waals surface area contributed by atoms with Crippen LogP contribution < -0.4 is 10.2 Å². The topological polar surface area (TPSA) is 41.0 Å². The van der Waals surface area contributed by atoms with Gasteiger partial charge in [0.1, 0.15) is 0 Å². The highest BCUT2D eigenvalue weighted by Gasteiger charge is 2.25. The van der Waals surface area contributed by atoms with Crippen LogP contribution in [0.2, 0.25) is 0 Å². The summed E-state index contributed by atoms with van der Waals surface area (Å²) in [5.74, 6) is 0.987. The van der Waals surface area contributed by atoms with E-state index in [2.05, 4.69) is 64.6 Å². The molecule has 0 saturated carbocycles. The van der Waals surface area contributed by atoms with Crippen molar-refractivity contribution in [3.63, 3.8) is 0 Å². The molecule has 2 heterocycles. The number of rotatable bonds is 5. The molecule has 0 bridgehead atoms. The number of piperidine rings is 1. The van der Waals surface area contributed by atoms with Crippen molar-refractivity contribution in [2.24, 2.45) is 0 Å². The lowest BCUT2D eigenvalue weighted by molar-refractivity contribution is 0.373. The Morgan fingerprint density at radius 1 is 1.17 bits per heavy atom. The van der Waals surface area contributed by atoms with Crippen LogP contribution >= 0.6 is 0 Å². The summed E-state index contributed by atoms with van der Waals surface area (Å²) in [5.41, 5.74) is 1.52. The van der Waals surface area contributed by atoms with Gasteiger partial charge in [0.05, 0.1) is 0 Å². The van der Waals surface area contributed by atoms with Crippen molar-refractivity contribution in [1.82, 2.24) is 15.5 Å². The summed E-state index contributed by atoms with van der Waals surface area (Å²) in [4.78, 5) is 2.34. The van der Waals surface area contributed by atoms with Crippen LogP contribution in [-0.2, 0) is 5.41 Å². The molecule has 1 aliphatic heterocycles. The van der Waals surface area contributed by atoms with Gasteiger partial charge >= 0.3 is 0 Å². The molecule has 1 fully saturated rings. The Bertz CT molecular complexity index is 597. The zero-order valence-electron chi connectivity index (χ0n) is 14.1. The molecule has 3 rings (SSSR count). The number of hydrogen-bond acceptors (Lipinski definition) is 4. The number of nitrogens with one attached hydrogen (secondary N) is 1. The van der Waals surface area contributed by atoms with Gasteiger partial charge in [-0.05, 0) is 30.5 Å². The summed E-state index contributed by atoms with van der Waals surface area (Å²) >= 11 is 0. The van der Waals surface area contributed by atoms with Gasteiger partial charge in [0.2, 0.25) is 0 Å². The summed E-state index contributed by atoms with van der Waals surface area (Å²) in [5, 5.41) is 12.0. The Labute approximate surface area is 138 Å². The van der Waals surface area contributed by atoms with Gasteiger partial charge in [0.15, 0.2) is 5.82 Å². The first-order chi connectivity index (χ1) is 11.1. The molecule has 1 N–H and O–H groups in total. The van der Waals surface area contributed by atoms with Crippen molar-refractivity contribution < 1.29 is 0 Å². The molecule has 0 radical (unpaired) electrons. The fourth-order valence-corrected chi connectivity index (χ4v) is 3.20. The summed E-state index contributed by atoms with van der Waals surface area (Å²) < 4.78 is 0. The number of aromatic nitrogens is 2. The Kier molecular flexibility index (Phi) is 4.91. The zero-order chi connectivity index (χ0) is 16.1. The van der Waals surface area contributed by atoms with Gasteiger partial charge in [-0.2, -0.15) is 5.10 Å². The summed E-state index contributed by atoms with van der Waals surface area (Å²) in [6.07, 6.45) is 4.15. The number of nitrogens with zero attached hydrogens (tertiary/aromatic N) is 3. The minimum Gasteiger partial charge on any atom is -0.354 e. The maximum absolute atomic E-state index is 4.24. The lowest BCUT2D eigenvalue weighted by Gasteiger charge is -2.36. The lowest BCUT2D eigenvalue weighted by atomic mass is 9.84. The van der Waals surface area contributed by atoms with Crippen LogP contribution in [0, 0.1) is 0 Å². The predicted molar refractivity (Wildman–Crippen MR) is 94.7 cm³/mol. The molecule has 0 aliphatic carbocycles. The molecule has 122 valence electrons. The highest BCUT2D eigenvalue weighted by Crippen LogP contribution is 2.23. The Morgan fingerprint density at radius 2 is 2.00 bits per heavy atom. The standard InChI is InChI=1S/C19H26N4/c1-19(2,16-8-4-3-5-9-16)15-20-17-10-7-13-23(14-17)18-11-6-12-21-22-18/h3-6,8-9,11-12,17,20H,7,10,13-15H2,1-2H3/t17-/m1/s1. The van der Waals surface area contributed by atoms with Crippen LogP contribution in [0.5, 0.6) is 0 Å². The second-order valence-electron chi connectivity index (χ2n) is 7.00. The Hall–Kier alpha value is -1.94. The smallest absolute Gasteiger partial charge is 0.151 e. The minimum atomic E-state index is 0.135. The summed E-state index contributed by atoms with van der Waals surface area (Å²) in [7, 11) is 0. The summed E-state index contributed by atoms with van der Waals surface area (Å²) in [6.45, 7) is 7.66. The van der Waals surface area contributed by atoms with E-state index >= 15 is 0 Å². The molecule has 1 atom stereocenters. The van der Waals surface area contributed by atoms with Crippen molar-refractivity contribution in [1.29, 1.82) is 0 Å². The van der Waals surface area contributed by atoms with Crippen LogP contribution in [0.25, 0.3) is 0 Å². The average molecular weight is 310 g/mol. The number of hydrogen-bond donors (Lipinski definition) is 1. The first-order valence-electron chi connectivity index (χ1n) is 8.47. The normalized spacial score (nSPS) is 18.9. The van der Waals surface area contributed by atoms with Gasteiger partial charge in [-0.3, -0.25) is 0 Å². The van der Waals surface area contributed by atoms with Crippen LogP contribution in [0.15, 0.2) is 48.7 Å². The molecule has 1 aromatic heterocycles. The van der Waals surface area contributed by atoms with E-state index in [0.29, 0.717) is 6.04 Å². The SMILES string of the molecule is CC(C)(CN[C@@H]1CCCN(c2cccnn2)C1)c1ccccc1. The number of anilines is 1. The molecule has 1 saturated heterocycles. The zero-order valence-corrected chi connectivity index (χ0v) is 14.1. The van der Waals surface area contributed by atoms with Gasteiger partial charge in [-0.1, -0.05) is 44.2 Å². The molecular formula is C19H26N4. The van der Waals surface area contributed by atoms with Crippen molar-refractivity contribution in [3.8, 4) is 0 Å². The molecule has 4 nitrogen and oxygen atoms in total. The monoisotopic (exact) mass is 310 g/mol. The van der Waals surface area contributed by atoms with Crippen LogP contribution in [0.3, 0.4) is 0 Å². The lowest BCUT2D eigenvalue weighted by Crippen LogP contribution is -2.49. The third kappa shape index (κ3) is 4.08. The third-order valence-corrected chi connectivity index (χ3v) is 4.69. The summed E-state index contributed by atoms with van der Waals surface area (Å²) in [6, 6.07) is 15.3. The van der Waals surface area contributed by atoms with Crippen molar-refractivity contribution >= 4 is 5.82 Å². The van der Waals surface area contributed by atoms with Gasteiger partial charge in [0.25, 0.3) is 0 Å². The van der Waals surface area contributed by atoms with E-state index in [0.717, 1.165) is 25.5 Å². The molecule has 0 unspecified atom stereocenters. The first-order valence-corrected chi connectivity index (χ1v) is 8.47. The maximum Gasteiger partial charge on any atom is 0.151 e. The van der Waals surface area contributed by atoms with Crippen molar-refractivity contribution in [3.05, 3.63) is 54.2 Å². The fraction of sp³-hybridized carbons (Fsp3) is 0.474. The van der Waals surface area contributed by atoms with Crippen LogP contribution in [0.4, 0.5) is 5.82 Å². The van der Waals surface area contributed by atoms with E-state index in [4.69, 9.17) is 0 Å². The van der Waals surface area contributed by atoms with E-state index in [9.17, 15) is 0 Å². The second kappa shape index (κ2) is 7.09. The van der Waals surface area contributed by atoms with Gasteiger partial charge in [-0.15, -0.1) is 5.10 Å². The van der Waals surface area contributed by atoms with Crippen LogP contribution in [0.1, 0.15) is 32.3 Å². The van der Waals surface area contributed by atoms with E-state index in [1.54, 1.807) is 6.20 Å². The first kappa shape index (κ1) is 15.9. The molecule has 0 amide bonds. The highest BCUT2D eigenvalue weighted by atomic mass is 15.3. The van der Waals surface area contributed by atoms with Crippen molar-refractivity contribution in [2.45, 2.75) is 38.1 Å².